The molecule has 0 radical (unpaired) electrons. The van der Waals surface area contributed by atoms with Crippen molar-refractivity contribution in [3.8, 4) is 11.1 Å². The second kappa shape index (κ2) is 9.69. The third-order valence-corrected chi connectivity index (χ3v) is 6.47. The number of benzene rings is 1. The van der Waals surface area contributed by atoms with Crippen molar-refractivity contribution < 1.29 is 18.0 Å². The lowest BCUT2D eigenvalue weighted by Gasteiger charge is -2.30. The molecule has 1 saturated heterocycles. The number of halogens is 3. The molecule has 36 heavy (non-hydrogen) atoms. The third kappa shape index (κ3) is 5.23. The quantitative estimate of drug-likeness (QED) is 0.381. The molecule has 4 heterocycles. The number of fused-ring (bicyclic) bond motifs is 1. The molecule has 3 aromatic heterocycles. The van der Waals surface area contributed by atoms with Gasteiger partial charge in [-0.2, -0.15) is 18.3 Å². The standard InChI is InChI=1S/C26H25F3N6O/c1-16-7-9-35(10-8-16)15-17-11-19(14-30-13-17)18-5-6-21-20(12-18)24(34-33-21)25(36)32-23-4-2-3-22(31-23)26(27,28)29/h2-6,11-14,16H,7-10,15H2,1H3,(H,33,34)(H,31,32,36). The number of aromatic amines is 1. The summed E-state index contributed by atoms with van der Waals surface area (Å²) in [4.78, 5) is 23.2. The minimum Gasteiger partial charge on any atom is -0.305 e. The Morgan fingerprint density at radius 2 is 1.92 bits per heavy atom. The van der Waals surface area contributed by atoms with Crippen LogP contribution < -0.4 is 5.32 Å². The van der Waals surface area contributed by atoms with E-state index in [0.29, 0.717) is 10.9 Å². The average molecular weight is 495 g/mol. The molecule has 0 saturated carbocycles. The highest BCUT2D eigenvalue weighted by atomic mass is 19.4. The predicted octanol–water partition coefficient (Wildman–Crippen LogP) is 5.52. The van der Waals surface area contributed by atoms with Crippen molar-refractivity contribution >= 4 is 22.6 Å². The maximum absolute atomic E-state index is 13.0. The number of carbonyl (C=O) groups excluding carboxylic acids is 1. The Hall–Kier alpha value is -3.79. The molecule has 0 bridgehead atoms. The summed E-state index contributed by atoms with van der Waals surface area (Å²) in [7, 11) is 0. The Morgan fingerprint density at radius 1 is 1.11 bits per heavy atom. The molecule has 7 nitrogen and oxygen atoms in total. The summed E-state index contributed by atoms with van der Waals surface area (Å²) >= 11 is 0. The van der Waals surface area contributed by atoms with Crippen LogP contribution in [-0.2, 0) is 12.7 Å². The Kier molecular flexibility index (Phi) is 6.44. The van der Waals surface area contributed by atoms with E-state index in [2.05, 4.69) is 43.4 Å². The van der Waals surface area contributed by atoms with Crippen LogP contribution in [0.1, 0.15) is 41.5 Å². The number of aromatic nitrogens is 4. The first-order valence-corrected chi connectivity index (χ1v) is 11.8. The number of hydrogen-bond acceptors (Lipinski definition) is 5. The van der Waals surface area contributed by atoms with Gasteiger partial charge in [0.2, 0.25) is 0 Å². The van der Waals surface area contributed by atoms with Crippen LogP contribution in [0.25, 0.3) is 22.0 Å². The molecule has 0 spiro atoms. The molecule has 1 fully saturated rings. The van der Waals surface area contributed by atoms with Crippen LogP contribution >= 0.6 is 0 Å². The summed E-state index contributed by atoms with van der Waals surface area (Å²) < 4.78 is 38.9. The molecule has 10 heteroatoms. The van der Waals surface area contributed by atoms with Gasteiger partial charge in [0.15, 0.2) is 5.69 Å². The van der Waals surface area contributed by atoms with Gasteiger partial charge < -0.3 is 5.32 Å². The van der Waals surface area contributed by atoms with Gasteiger partial charge in [0.05, 0.1) is 5.52 Å². The summed E-state index contributed by atoms with van der Waals surface area (Å²) in [6.45, 7) is 5.27. The van der Waals surface area contributed by atoms with E-state index in [1.807, 2.05) is 24.4 Å². The minimum absolute atomic E-state index is 0.0672. The van der Waals surface area contributed by atoms with Gasteiger partial charge in [0.1, 0.15) is 11.5 Å². The molecular weight excluding hydrogens is 469 g/mol. The van der Waals surface area contributed by atoms with Gasteiger partial charge in [-0.1, -0.05) is 19.1 Å². The van der Waals surface area contributed by atoms with Gasteiger partial charge in [0, 0.05) is 29.9 Å². The summed E-state index contributed by atoms with van der Waals surface area (Å²) in [6.07, 6.45) is 1.44. The van der Waals surface area contributed by atoms with E-state index < -0.39 is 17.8 Å². The fraction of sp³-hybridized carbons (Fsp3) is 0.308. The first kappa shape index (κ1) is 23.9. The normalized spacial score (nSPS) is 15.3. The topological polar surface area (TPSA) is 86.8 Å². The van der Waals surface area contributed by atoms with E-state index in [-0.39, 0.29) is 11.5 Å². The van der Waals surface area contributed by atoms with Gasteiger partial charge in [0.25, 0.3) is 5.91 Å². The van der Waals surface area contributed by atoms with E-state index in [9.17, 15) is 18.0 Å². The number of rotatable bonds is 5. The number of hydrogen-bond donors (Lipinski definition) is 2. The number of nitrogens with zero attached hydrogens (tertiary/aromatic N) is 4. The minimum atomic E-state index is -4.61. The lowest BCUT2D eigenvalue weighted by molar-refractivity contribution is -0.141. The average Bonchev–Trinajstić information content (AvgIpc) is 3.29. The second-order valence-electron chi connectivity index (χ2n) is 9.23. The van der Waals surface area contributed by atoms with Gasteiger partial charge in [-0.15, -0.1) is 0 Å². The van der Waals surface area contributed by atoms with E-state index in [4.69, 9.17) is 0 Å². The van der Waals surface area contributed by atoms with Crippen LogP contribution in [-0.4, -0.2) is 44.1 Å². The number of amides is 1. The molecule has 1 amide bonds. The molecule has 186 valence electrons. The zero-order chi connectivity index (χ0) is 25.3. The van der Waals surface area contributed by atoms with Crippen LogP contribution in [0.15, 0.2) is 54.9 Å². The highest BCUT2D eigenvalue weighted by molar-refractivity contribution is 6.11. The maximum atomic E-state index is 13.0. The Morgan fingerprint density at radius 3 is 2.69 bits per heavy atom. The first-order chi connectivity index (χ1) is 17.3. The van der Waals surface area contributed by atoms with Crippen LogP contribution in [0.4, 0.5) is 19.0 Å². The van der Waals surface area contributed by atoms with Crippen molar-refractivity contribution in [2.45, 2.75) is 32.5 Å². The number of anilines is 1. The Labute approximate surface area is 205 Å². The van der Waals surface area contributed by atoms with Gasteiger partial charge in [-0.05, 0) is 73.3 Å². The van der Waals surface area contributed by atoms with Crippen molar-refractivity contribution in [1.82, 2.24) is 25.1 Å². The maximum Gasteiger partial charge on any atom is 0.433 e. The smallest absolute Gasteiger partial charge is 0.305 e. The highest BCUT2D eigenvalue weighted by Crippen LogP contribution is 2.29. The SMILES string of the molecule is CC1CCN(Cc2cncc(-c3ccc4[nH]nc(C(=O)Nc5cccc(C(F)(F)F)n5)c4c3)c2)CC1. The number of H-pyrrole nitrogens is 1. The molecule has 1 aliphatic heterocycles. The molecule has 0 unspecified atom stereocenters. The summed E-state index contributed by atoms with van der Waals surface area (Å²) in [5, 5.41) is 9.86. The second-order valence-corrected chi connectivity index (χ2v) is 9.23. The molecule has 0 atom stereocenters. The van der Waals surface area contributed by atoms with Crippen molar-refractivity contribution in [3.05, 3.63) is 71.8 Å². The summed E-state index contributed by atoms with van der Waals surface area (Å²) in [6, 6.07) is 11.0. The van der Waals surface area contributed by atoms with Crippen LogP contribution in [0.3, 0.4) is 0 Å². The van der Waals surface area contributed by atoms with E-state index in [1.165, 1.54) is 25.0 Å². The fourth-order valence-electron chi connectivity index (χ4n) is 4.41. The lowest BCUT2D eigenvalue weighted by atomic mass is 9.98. The third-order valence-electron chi connectivity index (χ3n) is 6.47. The van der Waals surface area contributed by atoms with Gasteiger partial charge in [-0.25, -0.2) is 4.98 Å². The predicted molar refractivity (Wildman–Crippen MR) is 130 cm³/mol. The van der Waals surface area contributed by atoms with E-state index >= 15 is 0 Å². The molecule has 4 aromatic rings. The number of nitrogens with one attached hydrogen (secondary N) is 2. The highest BCUT2D eigenvalue weighted by Gasteiger charge is 2.32. The van der Waals surface area contributed by atoms with Crippen LogP contribution in [0.5, 0.6) is 0 Å². The number of alkyl halides is 3. The molecule has 5 rings (SSSR count). The summed E-state index contributed by atoms with van der Waals surface area (Å²) in [5.74, 6) is -0.0919. The number of carbonyl (C=O) groups is 1. The van der Waals surface area contributed by atoms with Crippen LogP contribution in [0, 0.1) is 5.92 Å². The molecule has 0 aliphatic carbocycles. The Bertz CT molecular complexity index is 1390. The fourth-order valence-corrected chi connectivity index (χ4v) is 4.41. The number of pyridine rings is 2. The van der Waals surface area contributed by atoms with E-state index in [0.717, 1.165) is 48.3 Å². The van der Waals surface area contributed by atoms with Gasteiger partial charge in [-0.3, -0.25) is 19.8 Å². The summed E-state index contributed by atoms with van der Waals surface area (Å²) in [5.41, 5.74) is 2.50. The molecule has 2 N–H and O–H groups in total. The molecular formula is C26H25F3N6O. The first-order valence-electron chi connectivity index (χ1n) is 11.8. The van der Waals surface area contributed by atoms with Crippen molar-refractivity contribution in [1.29, 1.82) is 0 Å². The number of piperidine rings is 1. The van der Waals surface area contributed by atoms with Gasteiger partial charge >= 0.3 is 6.18 Å². The molecule has 1 aromatic carbocycles. The lowest BCUT2D eigenvalue weighted by Crippen LogP contribution is -2.32. The number of likely N-dealkylation sites (tertiary alicyclic amines) is 1. The van der Waals surface area contributed by atoms with Crippen molar-refractivity contribution in [3.63, 3.8) is 0 Å². The largest absolute Gasteiger partial charge is 0.433 e. The van der Waals surface area contributed by atoms with Crippen molar-refractivity contribution in [2.75, 3.05) is 18.4 Å². The zero-order valence-corrected chi connectivity index (χ0v) is 19.6. The van der Waals surface area contributed by atoms with Crippen molar-refractivity contribution in [2.24, 2.45) is 5.92 Å². The molecule has 1 aliphatic rings. The zero-order valence-electron chi connectivity index (χ0n) is 19.6. The Balaban J connectivity index is 1.37. The van der Waals surface area contributed by atoms with Crippen LogP contribution in [0.2, 0.25) is 0 Å². The monoisotopic (exact) mass is 494 g/mol. The van der Waals surface area contributed by atoms with E-state index in [1.54, 1.807) is 6.20 Å².